The van der Waals surface area contributed by atoms with Crippen molar-refractivity contribution in [2.45, 2.75) is 52.0 Å². The van der Waals surface area contributed by atoms with Crippen molar-refractivity contribution in [1.82, 2.24) is 4.57 Å². The number of nitrogens with one attached hydrogen (secondary N) is 1. The zero-order valence-electron chi connectivity index (χ0n) is 12.0. The summed E-state index contributed by atoms with van der Waals surface area (Å²) >= 11 is 0. The molecule has 2 aromatic heterocycles. The van der Waals surface area contributed by atoms with Crippen molar-refractivity contribution in [2.24, 2.45) is 0 Å². The highest BCUT2D eigenvalue weighted by atomic mass is 16.4. The molecular weight excluding hydrogens is 252 g/mol. The van der Waals surface area contributed by atoms with Gasteiger partial charge in [0.1, 0.15) is 16.6 Å². The summed E-state index contributed by atoms with van der Waals surface area (Å²) < 4.78 is 7.19. The molecule has 106 valence electrons. The van der Waals surface area contributed by atoms with E-state index in [-0.39, 0.29) is 0 Å². The smallest absolute Gasteiger partial charge is 0.347 e. The first-order valence-corrected chi connectivity index (χ1v) is 7.29. The average Bonchev–Trinajstić information content (AvgIpc) is 2.38. The van der Waals surface area contributed by atoms with Crippen LogP contribution in [0.5, 0.6) is 0 Å². The Balaban J connectivity index is 2.28. The predicted molar refractivity (Wildman–Crippen MR) is 77.9 cm³/mol. The molecule has 2 heterocycles. The Morgan fingerprint density at radius 2 is 1.90 bits per heavy atom. The van der Waals surface area contributed by atoms with Gasteiger partial charge in [0.2, 0.25) is 0 Å². The highest BCUT2D eigenvalue weighted by molar-refractivity contribution is 5.80. The zero-order valence-corrected chi connectivity index (χ0v) is 12.0. The van der Waals surface area contributed by atoms with Gasteiger partial charge in [0.15, 0.2) is 0 Å². The fourth-order valence-corrected chi connectivity index (χ4v) is 3.38. The molecule has 0 atom stereocenters. The minimum Gasteiger partial charge on any atom is -0.428 e. The lowest BCUT2D eigenvalue weighted by atomic mass is 9.94. The van der Waals surface area contributed by atoms with Crippen LogP contribution in [0.25, 0.3) is 10.8 Å². The van der Waals surface area contributed by atoms with E-state index in [0.29, 0.717) is 22.7 Å². The number of rotatable bonds is 1. The van der Waals surface area contributed by atoms with Gasteiger partial charge in [-0.1, -0.05) is 19.3 Å². The molecule has 20 heavy (non-hydrogen) atoms. The van der Waals surface area contributed by atoms with Crippen LogP contribution in [0, 0.1) is 19.3 Å². The summed E-state index contributed by atoms with van der Waals surface area (Å²) in [7, 11) is 0. The SMILES string of the molecule is Cc1cc2cc(C)n(C3CCCCC3)c(=N)c2c(=O)o1. The molecule has 0 amide bonds. The molecule has 0 unspecified atom stereocenters. The lowest BCUT2D eigenvalue weighted by molar-refractivity contribution is 0.339. The molecule has 0 spiro atoms. The third-order valence-corrected chi connectivity index (χ3v) is 4.27. The highest BCUT2D eigenvalue weighted by Gasteiger charge is 2.19. The van der Waals surface area contributed by atoms with E-state index in [0.717, 1.165) is 23.9 Å². The van der Waals surface area contributed by atoms with Crippen LogP contribution in [0.3, 0.4) is 0 Å². The van der Waals surface area contributed by atoms with E-state index in [9.17, 15) is 4.79 Å². The van der Waals surface area contributed by atoms with Gasteiger partial charge in [0.05, 0.1) is 0 Å². The molecule has 0 saturated heterocycles. The van der Waals surface area contributed by atoms with E-state index in [4.69, 9.17) is 9.83 Å². The number of aryl methyl sites for hydroxylation is 2. The molecule has 0 aromatic carbocycles. The van der Waals surface area contributed by atoms with Crippen LogP contribution in [-0.2, 0) is 0 Å². The molecule has 0 radical (unpaired) electrons. The van der Waals surface area contributed by atoms with E-state index in [1.54, 1.807) is 6.92 Å². The van der Waals surface area contributed by atoms with Crippen molar-refractivity contribution >= 4 is 10.8 Å². The standard InChI is InChI=1S/C16H20N2O2/c1-10-8-12-9-11(2)20-16(19)14(12)15(17)18(10)13-6-4-3-5-7-13/h8-9,13,17H,3-7H2,1-2H3. The second-order valence-electron chi connectivity index (χ2n) is 5.77. The van der Waals surface area contributed by atoms with E-state index >= 15 is 0 Å². The molecule has 3 rings (SSSR count). The summed E-state index contributed by atoms with van der Waals surface area (Å²) in [5.74, 6) is 0.594. The molecule has 1 saturated carbocycles. The minimum absolute atomic E-state index is 0.306. The van der Waals surface area contributed by atoms with Gasteiger partial charge in [-0.15, -0.1) is 0 Å². The Bertz CT molecular complexity index is 764. The van der Waals surface area contributed by atoms with Gasteiger partial charge in [0, 0.05) is 11.7 Å². The number of fused-ring (bicyclic) bond motifs is 1. The number of pyridine rings is 1. The predicted octanol–water partition coefficient (Wildman–Crippen LogP) is 3.20. The fourth-order valence-electron chi connectivity index (χ4n) is 3.38. The minimum atomic E-state index is -0.394. The largest absolute Gasteiger partial charge is 0.428 e. The van der Waals surface area contributed by atoms with Crippen molar-refractivity contribution in [1.29, 1.82) is 5.41 Å². The van der Waals surface area contributed by atoms with Crippen LogP contribution in [0.4, 0.5) is 0 Å². The van der Waals surface area contributed by atoms with Crippen LogP contribution in [0.15, 0.2) is 21.3 Å². The van der Waals surface area contributed by atoms with E-state index in [1.165, 1.54) is 19.3 Å². The van der Waals surface area contributed by atoms with Crippen molar-refractivity contribution in [2.75, 3.05) is 0 Å². The molecule has 1 aliphatic carbocycles. The Kier molecular flexibility index (Phi) is 3.24. The van der Waals surface area contributed by atoms with Crippen molar-refractivity contribution < 1.29 is 4.42 Å². The molecule has 1 fully saturated rings. The van der Waals surface area contributed by atoms with Crippen molar-refractivity contribution in [3.8, 4) is 0 Å². The number of hydrogen-bond donors (Lipinski definition) is 1. The summed E-state index contributed by atoms with van der Waals surface area (Å²) in [6.45, 7) is 3.79. The summed E-state index contributed by atoms with van der Waals surface area (Å²) in [5, 5.41) is 9.65. The second kappa shape index (κ2) is 4.93. The van der Waals surface area contributed by atoms with Crippen molar-refractivity contribution in [3.05, 3.63) is 39.5 Å². The highest BCUT2D eigenvalue weighted by Crippen LogP contribution is 2.28. The monoisotopic (exact) mass is 272 g/mol. The van der Waals surface area contributed by atoms with Crippen LogP contribution in [0.1, 0.15) is 49.6 Å². The van der Waals surface area contributed by atoms with E-state index in [2.05, 4.69) is 0 Å². The third-order valence-electron chi connectivity index (χ3n) is 4.27. The molecule has 2 aromatic rings. The first-order valence-electron chi connectivity index (χ1n) is 7.29. The van der Waals surface area contributed by atoms with Gasteiger partial charge in [0.25, 0.3) is 0 Å². The van der Waals surface area contributed by atoms with Crippen LogP contribution in [-0.4, -0.2) is 4.57 Å². The van der Waals surface area contributed by atoms with E-state index < -0.39 is 5.63 Å². The number of nitrogens with zero attached hydrogens (tertiary/aromatic N) is 1. The van der Waals surface area contributed by atoms with Crippen LogP contribution < -0.4 is 11.1 Å². The van der Waals surface area contributed by atoms with Gasteiger partial charge in [-0.2, -0.15) is 0 Å². The van der Waals surface area contributed by atoms with Gasteiger partial charge < -0.3 is 8.98 Å². The zero-order chi connectivity index (χ0) is 14.3. The molecular formula is C16H20N2O2. The Hall–Kier alpha value is -1.84. The lowest BCUT2D eigenvalue weighted by Gasteiger charge is -2.27. The maximum atomic E-state index is 12.1. The maximum absolute atomic E-state index is 12.1. The summed E-state index contributed by atoms with van der Waals surface area (Å²) in [6, 6.07) is 4.19. The van der Waals surface area contributed by atoms with Crippen LogP contribution >= 0.6 is 0 Å². The number of hydrogen-bond acceptors (Lipinski definition) is 3. The Morgan fingerprint density at radius 1 is 1.20 bits per heavy atom. The summed E-state index contributed by atoms with van der Waals surface area (Å²) in [6.07, 6.45) is 5.88. The molecule has 4 heteroatoms. The molecule has 1 N–H and O–H groups in total. The Morgan fingerprint density at radius 3 is 2.60 bits per heavy atom. The molecule has 0 aliphatic heterocycles. The van der Waals surface area contributed by atoms with Gasteiger partial charge in [-0.3, -0.25) is 5.41 Å². The lowest BCUT2D eigenvalue weighted by Crippen LogP contribution is -2.31. The van der Waals surface area contributed by atoms with Crippen molar-refractivity contribution in [3.63, 3.8) is 0 Å². The second-order valence-corrected chi connectivity index (χ2v) is 5.77. The first kappa shape index (κ1) is 13.2. The van der Waals surface area contributed by atoms with Gasteiger partial charge >= 0.3 is 5.63 Å². The van der Waals surface area contributed by atoms with Gasteiger partial charge in [-0.05, 0) is 44.2 Å². The first-order chi connectivity index (χ1) is 9.58. The fraction of sp³-hybridized carbons (Fsp3) is 0.500. The molecule has 4 nitrogen and oxygen atoms in total. The van der Waals surface area contributed by atoms with Crippen LogP contribution in [0.2, 0.25) is 0 Å². The quantitative estimate of drug-likeness (QED) is 0.866. The normalized spacial score (nSPS) is 16.7. The van der Waals surface area contributed by atoms with E-state index in [1.807, 2.05) is 23.6 Å². The average molecular weight is 272 g/mol. The molecule has 0 bridgehead atoms. The topological polar surface area (TPSA) is 59.0 Å². The summed E-state index contributed by atoms with van der Waals surface area (Å²) in [5.41, 5.74) is 0.967. The Labute approximate surface area is 117 Å². The van der Waals surface area contributed by atoms with Gasteiger partial charge in [-0.25, -0.2) is 4.79 Å². The molecule has 1 aliphatic rings. The third kappa shape index (κ3) is 2.09. The summed E-state index contributed by atoms with van der Waals surface area (Å²) in [4.78, 5) is 12.1. The maximum Gasteiger partial charge on any atom is 0.347 e. The number of aromatic nitrogens is 1.